The predicted molar refractivity (Wildman–Crippen MR) is 120 cm³/mol. The number of nitrogens with one attached hydrogen (secondary N) is 2. The average molecular weight is 441 g/mol. The summed E-state index contributed by atoms with van der Waals surface area (Å²) in [4.78, 5) is 27.6. The van der Waals surface area contributed by atoms with E-state index >= 15 is 0 Å². The largest absolute Gasteiger partial charge is 0.482 e. The molecule has 0 saturated carbocycles. The molecule has 1 aromatic heterocycles. The van der Waals surface area contributed by atoms with E-state index in [1.165, 1.54) is 7.11 Å². The molecule has 0 bridgehead atoms. The molecule has 3 rings (SSSR count). The van der Waals surface area contributed by atoms with Gasteiger partial charge in [-0.05, 0) is 48.2 Å². The first-order valence-electron chi connectivity index (χ1n) is 10.0. The molecule has 0 fully saturated rings. The Morgan fingerprint density at radius 2 is 1.84 bits per heavy atom. The number of benzene rings is 2. The topological polar surface area (TPSA) is 80.4 Å². The van der Waals surface area contributed by atoms with Crippen LogP contribution in [-0.2, 0) is 16.0 Å². The van der Waals surface area contributed by atoms with Crippen LogP contribution in [0.15, 0.2) is 60.7 Å². The summed E-state index contributed by atoms with van der Waals surface area (Å²) in [7, 11) is 1.52. The molecule has 0 spiro atoms. The van der Waals surface area contributed by atoms with Crippen LogP contribution < -0.4 is 10.1 Å². The molecule has 1 atom stereocenters. The summed E-state index contributed by atoms with van der Waals surface area (Å²) in [5.41, 5.74) is 3.42. The number of rotatable bonds is 9. The molecule has 2 aromatic carbocycles. The van der Waals surface area contributed by atoms with Crippen molar-refractivity contribution in [2.75, 3.05) is 13.7 Å². The van der Waals surface area contributed by atoms with E-state index in [0.717, 1.165) is 16.7 Å². The fourth-order valence-electron chi connectivity index (χ4n) is 3.27. The van der Waals surface area contributed by atoms with Crippen molar-refractivity contribution in [3.8, 4) is 17.0 Å². The Kier molecular flexibility index (Phi) is 7.73. The van der Waals surface area contributed by atoms with Gasteiger partial charge >= 0.3 is 5.97 Å². The van der Waals surface area contributed by atoms with Crippen molar-refractivity contribution < 1.29 is 19.1 Å². The van der Waals surface area contributed by atoms with E-state index in [0.29, 0.717) is 29.6 Å². The molecule has 31 heavy (non-hydrogen) atoms. The summed E-state index contributed by atoms with van der Waals surface area (Å²) in [5, 5.41) is 3.60. The van der Waals surface area contributed by atoms with Gasteiger partial charge < -0.3 is 19.8 Å². The zero-order chi connectivity index (χ0) is 22.2. The Hall–Kier alpha value is -3.25. The van der Waals surface area contributed by atoms with Gasteiger partial charge in [-0.15, -0.1) is 0 Å². The number of amides is 1. The summed E-state index contributed by atoms with van der Waals surface area (Å²) >= 11 is 6.08. The maximum Gasteiger partial charge on any atom is 0.307 e. The van der Waals surface area contributed by atoms with Crippen LogP contribution in [0.1, 0.15) is 29.4 Å². The molecule has 0 saturated heterocycles. The number of aromatic nitrogens is 1. The van der Waals surface area contributed by atoms with E-state index in [2.05, 4.69) is 10.3 Å². The molecule has 6 nitrogen and oxygen atoms in total. The first-order chi connectivity index (χ1) is 15.0. The van der Waals surface area contributed by atoms with E-state index in [4.69, 9.17) is 21.1 Å². The lowest BCUT2D eigenvalue weighted by Crippen LogP contribution is -2.38. The summed E-state index contributed by atoms with van der Waals surface area (Å²) < 4.78 is 10.2. The molecular weight excluding hydrogens is 416 g/mol. The Labute approximate surface area is 186 Å². The van der Waals surface area contributed by atoms with Crippen LogP contribution in [-0.4, -0.2) is 36.6 Å². The predicted octanol–water partition coefficient (Wildman–Crippen LogP) is 4.64. The van der Waals surface area contributed by atoms with Crippen molar-refractivity contribution in [1.82, 2.24) is 10.3 Å². The van der Waals surface area contributed by atoms with Crippen molar-refractivity contribution in [3.63, 3.8) is 0 Å². The van der Waals surface area contributed by atoms with Crippen LogP contribution in [0.5, 0.6) is 5.88 Å². The van der Waals surface area contributed by atoms with Gasteiger partial charge in [0, 0.05) is 17.1 Å². The molecule has 7 heteroatoms. The lowest BCUT2D eigenvalue weighted by molar-refractivity contribution is -0.143. The first-order valence-corrected chi connectivity index (χ1v) is 10.4. The number of aromatic amines is 1. The fraction of sp³-hybridized carbons (Fsp3) is 0.250. The highest BCUT2D eigenvalue weighted by atomic mass is 35.5. The van der Waals surface area contributed by atoms with Gasteiger partial charge in [-0.1, -0.05) is 48.0 Å². The smallest absolute Gasteiger partial charge is 0.307 e. The third kappa shape index (κ3) is 6.36. The number of hydrogen-bond donors (Lipinski definition) is 2. The molecule has 0 aliphatic heterocycles. The van der Waals surface area contributed by atoms with Crippen molar-refractivity contribution >= 4 is 23.5 Å². The van der Waals surface area contributed by atoms with E-state index in [-0.39, 0.29) is 18.3 Å². The van der Waals surface area contributed by atoms with Gasteiger partial charge in [0.2, 0.25) is 0 Å². The Balaban J connectivity index is 1.72. The maximum absolute atomic E-state index is 12.6. The highest BCUT2D eigenvalue weighted by Gasteiger charge is 2.20. The maximum atomic E-state index is 12.6. The monoisotopic (exact) mass is 440 g/mol. The molecule has 0 radical (unpaired) electrons. The number of esters is 1. The summed E-state index contributed by atoms with van der Waals surface area (Å²) in [6.45, 7) is 2.05. The Morgan fingerprint density at radius 3 is 2.48 bits per heavy atom. The number of hydrogen-bond acceptors (Lipinski definition) is 4. The third-order valence-electron chi connectivity index (χ3n) is 4.77. The highest BCUT2D eigenvalue weighted by Crippen LogP contribution is 2.23. The minimum absolute atomic E-state index is 0.0769. The van der Waals surface area contributed by atoms with Gasteiger partial charge in [0.1, 0.15) is 5.69 Å². The third-order valence-corrected chi connectivity index (χ3v) is 5.01. The van der Waals surface area contributed by atoms with Gasteiger partial charge in [0.05, 0.1) is 20.1 Å². The van der Waals surface area contributed by atoms with Crippen LogP contribution in [0.25, 0.3) is 11.1 Å². The standard InChI is InChI=1S/C24H25ClN2O4/c1-3-31-23(28)15-20(26-24(29)21-11-12-22(27-21)30-2)13-16-7-9-17(10-8-16)18-5-4-6-19(25)14-18/h4-12,14,20,27H,3,13,15H2,1-2H3,(H,26,29)/t20-/m1/s1. The van der Waals surface area contributed by atoms with Crippen LogP contribution in [0, 0.1) is 0 Å². The molecule has 1 amide bonds. The molecule has 0 aliphatic carbocycles. The number of halogens is 1. The molecule has 0 unspecified atom stereocenters. The van der Waals surface area contributed by atoms with Crippen LogP contribution in [0.2, 0.25) is 5.02 Å². The van der Waals surface area contributed by atoms with E-state index in [9.17, 15) is 9.59 Å². The lowest BCUT2D eigenvalue weighted by Gasteiger charge is -2.18. The van der Waals surface area contributed by atoms with Crippen LogP contribution >= 0.6 is 11.6 Å². The molecular formula is C24H25ClN2O4. The van der Waals surface area contributed by atoms with Crippen molar-refractivity contribution in [1.29, 1.82) is 0 Å². The first kappa shape index (κ1) is 22.4. The molecule has 162 valence electrons. The second-order valence-electron chi connectivity index (χ2n) is 7.03. The van der Waals surface area contributed by atoms with Gasteiger partial charge in [-0.25, -0.2) is 0 Å². The fourth-order valence-corrected chi connectivity index (χ4v) is 3.46. The number of methoxy groups -OCH3 is 1. The minimum Gasteiger partial charge on any atom is -0.482 e. The number of carbonyl (C=O) groups is 2. The summed E-state index contributed by atoms with van der Waals surface area (Å²) in [6.07, 6.45) is 0.561. The second kappa shape index (κ2) is 10.7. The lowest BCUT2D eigenvalue weighted by atomic mass is 9.99. The number of carbonyl (C=O) groups excluding carboxylic acids is 2. The Morgan fingerprint density at radius 1 is 1.06 bits per heavy atom. The van der Waals surface area contributed by atoms with Gasteiger partial charge in [-0.3, -0.25) is 9.59 Å². The number of H-pyrrole nitrogens is 1. The number of ether oxygens (including phenoxy) is 2. The minimum atomic E-state index is -0.419. The summed E-state index contributed by atoms with van der Waals surface area (Å²) in [6, 6.07) is 18.5. The molecule has 2 N–H and O–H groups in total. The van der Waals surface area contributed by atoms with Gasteiger partial charge in [0.25, 0.3) is 5.91 Å². The van der Waals surface area contributed by atoms with Crippen molar-refractivity contribution in [2.45, 2.75) is 25.8 Å². The second-order valence-corrected chi connectivity index (χ2v) is 7.47. The van der Waals surface area contributed by atoms with Gasteiger partial charge in [-0.2, -0.15) is 0 Å². The van der Waals surface area contributed by atoms with Crippen molar-refractivity contribution in [2.24, 2.45) is 0 Å². The SMILES string of the molecule is CCOC(=O)C[C@@H](Cc1ccc(-c2cccc(Cl)c2)cc1)NC(=O)c1ccc(OC)[nH]1. The highest BCUT2D eigenvalue weighted by molar-refractivity contribution is 6.30. The van der Waals surface area contributed by atoms with E-state index < -0.39 is 6.04 Å². The molecule has 3 aromatic rings. The average Bonchev–Trinajstić information content (AvgIpc) is 3.24. The zero-order valence-corrected chi connectivity index (χ0v) is 18.2. The zero-order valence-electron chi connectivity index (χ0n) is 17.5. The van der Waals surface area contributed by atoms with Crippen LogP contribution in [0.4, 0.5) is 0 Å². The normalized spacial score (nSPS) is 11.6. The Bertz CT molecular complexity index is 1030. The van der Waals surface area contributed by atoms with E-state index in [1.54, 1.807) is 19.1 Å². The van der Waals surface area contributed by atoms with Crippen LogP contribution in [0.3, 0.4) is 0 Å². The van der Waals surface area contributed by atoms with Gasteiger partial charge in [0.15, 0.2) is 5.88 Å². The quantitative estimate of drug-likeness (QED) is 0.475. The molecule has 0 aliphatic rings. The van der Waals surface area contributed by atoms with E-state index in [1.807, 2.05) is 48.5 Å². The molecule has 1 heterocycles. The van der Waals surface area contributed by atoms with Crippen molar-refractivity contribution in [3.05, 3.63) is 76.9 Å². The summed E-state index contributed by atoms with van der Waals surface area (Å²) in [5.74, 6) is -0.177.